The molecule has 2 aromatic heterocycles. The Kier molecular flexibility index (Phi) is 5.27. The van der Waals surface area contributed by atoms with Crippen molar-refractivity contribution < 1.29 is 4.74 Å². The van der Waals surface area contributed by atoms with E-state index in [9.17, 15) is 0 Å². The van der Waals surface area contributed by atoms with E-state index in [4.69, 9.17) is 21.5 Å². The zero-order valence-electron chi connectivity index (χ0n) is 14.2. The van der Waals surface area contributed by atoms with E-state index in [2.05, 4.69) is 29.0 Å². The Morgan fingerprint density at radius 3 is 2.40 bits per heavy atom. The molecule has 2 heterocycles. The Morgan fingerprint density at radius 1 is 1.04 bits per heavy atom. The monoisotopic (exact) mass is 371 g/mol. The van der Waals surface area contributed by atoms with Gasteiger partial charge in [-0.2, -0.15) is 0 Å². The Labute approximate surface area is 156 Å². The van der Waals surface area contributed by atoms with Crippen molar-refractivity contribution in [1.29, 1.82) is 0 Å². The van der Waals surface area contributed by atoms with Gasteiger partial charge in [-0.1, -0.05) is 29.3 Å². The van der Waals surface area contributed by atoms with Crippen LogP contribution in [0.4, 0.5) is 0 Å². The van der Waals surface area contributed by atoms with E-state index in [0.29, 0.717) is 10.9 Å². The molecule has 0 bridgehead atoms. The van der Waals surface area contributed by atoms with Crippen molar-refractivity contribution in [2.24, 2.45) is 5.14 Å². The molecule has 3 rings (SSSR count). The molecule has 128 valence electrons. The first-order valence-corrected chi connectivity index (χ1v) is 8.98. The lowest BCUT2D eigenvalue weighted by Gasteiger charge is -2.15. The molecular formula is C19H18ClN3OS. The van der Waals surface area contributed by atoms with Crippen LogP contribution in [0.3, 0.4) is 0 Å². The number of nitrogens with zero attached hydrogens (tertiary/aromatic N) is 2. The number of benzene rings is 1. The Balaban J connectivity index is 2.05. The first-order chi connectivity index (χ1) is 12.0. The highest BCUT2D eigenvalue weighted by atomic mass is 35.5. The van der Waals surface area contributed by atoms with E-state index in [1.807, 2.05) is 32.0 Å². The molecule has 0 atom stereocenters. The predicted octanol–water partition coefficient (Wildman–Crippen LogP) is 5.48. The van der Waals surface area contributed by atoms with E-state index >= 15 is 0 Å². The largest absolute Gasteiger partial charge is 0.437 e. The van der Waals surface area contributed by atoms with Gasteiger partial charge in [-0.3, -0.25) is 10.1 Å². The fourth-order valence-corrected chi connectivity index (χ4v) is 3.24. The average molecular weight is 372 g/mol. The average Bonchev–Trinajstić information content (AvgIpc) is 2.58. The molecule has 4 nitrogen and oxygen atoms in total. The quantitative estimate of drug-likeness (QED) is 0.615. The van der Waals surface area contributed by atoms with Gasteiger partial charge >= 0.3 is 0 Å². The molecule has 0 unspecified atom stereocenters. The second kappa shape index (κ2) is 7.44. The first-order valence-electron chi connectivity index (χ1n) is 7.72. The van der Waals surface area contributed by atoms with Gasteiger partial charge in [0, 0.05) is 18.0 Å². The molecule has 0 spiro atoms. The highest BCUT2D eigenvalue weighted by Gasteiger charge is 2.13. The Morgan fingerprint density at radius 2 is 1.76 bits per heavy atom. The van der Waals surface area contributed by atoms with Crippen molar-refractivity contribution in [1.82, 2.24) is 9.97 Å². The molecule has 0 saturated carbocycles. The van der Waals surface area contributed by atoms with Crippen LogP contribution < -0.4 is 9.88 Å². The van der Waals surface area contributed by atoms with Crippen molar-refractivity contribution in [3.05, 3.63) is 64.4 Å². The third-order valence-electron chi connectivity index (χ3n) is 3.76. The lowest BCUT2D eigenvalue weighted by Crippen LogP contribution is -1.98. The SMILES string of the molecule is Cc1cc(C)c(Oc2nc(-c3cncc(Cl)c3)ccc2SN)c(C)c1. The maximum Gasteiger partial charge on any atom is 0.234 e. The van der Waals surface area contributed by atoms with E-state index in [-0.39, 0.29) is 0 Å². The summed E-state index contributed by atoms with van der Waals surface area (Å²) in [5.74, 6) is 1.27. The molecule has 2 N–H and O–H groups in total. The number of hydrogen-bond donors (Lipinski definition) is 1. The number of halogens is 1. The summed E-state index contributed by atoms with van der Waals surface area (Å²) in [6, 6.07) is 9.76. The number of pyridine rings is 2. The number of ether oxygens (including phenoxy) is 1. The van der Waals surface area contributed by atoms with Gasteiger partial charge < -0.3 is 4.74 Å². The Hall–Kier alpha value is -2.08. The summed E-state index contributed by atoms with van der Waals surface area (Å²) < 4.78 is 6.14. The van der Waals surface area contributed by atoms with Crippen molar-refractivity contribution in [2.75, 3.05) is 0 Å². The molecule has 0 saturated heterocycles. The second-order valence-electron chi connectivity index (χ2n) is 5.84. The van der Waals surface area contributed by atoms with E-state index in [1.54, 1.807) is 12.4 Å². The summed E-state index contributed by atoms with van der Waals surface area (Å²) >= 11 is 7.14. The molecule has 0 aliphatic carbocycles. The molecule has 3 aromatic rings. The minimum Gasteiger partial charge on any atom is -0.437 e. The van der Waals surface area contributed by atoms with Crippen LogP contribution in [0.2, 0.25) is 5.02 Å². The van der Waals surface area contributed by atoms with Crippen LogP contribution in [0.25, 0.3) is 11.3 Å². The standard InChI is InChI=1S/C19H18ClN3OS/c1-11-6-12(2)18(13(3)7-11)24-19-17(25-21)5-4-16(23-19)14-8-15(20)10-22-9-14/h4-10H,21H2,1-3H3. The number of hydrogen-bond acceptors (Lipinski definition) is 5. The van der Waals surface area contributed by atoms with Crippen LogP contribution in [-0.4, -0.2) is 9.97 Å². The number of aryl methyl sites for hydroxylation is 3. The first kappa shape index (κ1) is 17.7. The number of aromatic nitrogens is 2. The summed E-state index contributed by atoms with van der Waals surface area (Å²) in [4.78, 5) is 9.51. The summed E-state index contributed by atoms with van der Waals surface area (Å²) in [7, 11) is 0. The Bertz CT molecular complexity index is 907. The van der Waals surface area contributed by atoms with Crippen LogP contribution in [0.5, 0.6) is 11.6 Å². The summed E-state index contributed by atoms with van der Waals surface area (Å²) in [5.41, 5.74) is 4.86. The molecule has 6 heteroatoms. The second-order valence-corrected chi connectivity index (χ2v) is 6.95. The molecule has 1 aromatic carbocycles. The lowest BCUT2D eigenvalue weighted by atomic mass is 10.1. The van der Waals surface area contributed by atoms with Crippen LogP contribution >= 0.6 is 23.5 Å². The molecule has 0 aliphatic heterocycles. The van der Waals surface area contributed by atoms with Gasteiger partial charge in [0.05, 0.1) is 15.6 Å². The fourth-order valence-electron chi connectivity index (χ4n) is 2.73. The minimum absolute atomic E-state index is 0.472. The van der Waals surface area contributed by atoms with Crippen LogP contribution in [0.15, 0.2) is 47.6 Å². The van der Waals surface area contributed by atoms with Crippen molar-refractivity contribution >= 4 is 23.5 Å². The smallest absolute Gasteiger partial charge is 0.234 e. The molecule has 0 fully saturated rings. The van der Waals surface area contributed by atoms with Crippen LogP contribution in [0.1, 0.15) is 16.7 Å². The zero-order chi connectivity index (χ0) is 18.0. The molecule has 0 radical (unpaired) electrons. The normalized spacial score (nSPS) is 10.8. The van der Waals surface area contributed by atoms with Gasteiger partial charge in [-0.05, 0) is 62.0 Å². The third-order valence-corrected chi connectivity index (χ3v) is 4.53. The maximum atomic E-state index is 6.14. The summed E-state index contributed by atoms with van der Waals surface area (Å²) in [5, 5.41) is 6.34. The molecular weight excluding hydrogens is 354 g/mol. The predicted molar refractivity (Wildman–Crippen MR) is 103 cm³/mol. The van der Waals surface area contributed by atoms with Gasteiger partial charge in [0.25, 0.3) is 0 Å². The lowest BCUT2D eigenvalue weighted by molar-refractivity contribution is 0.444. The molecule has 0 amide bonds. The maximum absolute atomic E-state index is 6.14. The van der Waals surface area contributed by atoms with Gasteiger partial charge in [0.15, 0.2) is 0 Å². The van der Waals surface area contributed by atoms with Crippen molar-refractivity contribution in [3.8, 4) is 22.9 Å². The van der Waals surface area contributed by atoms with E-state index < -0.39 is 0 Å². The van der Waals surface area contributed by atoms with Gasteiger partial charge in [0.2, 0.25) is 5.88 Å². The zero-order valence-corrected chi connectivity index (χ0v) is 15.8. The highest BCUT2D eigenvalue weighted by Crippen LogP contribution is 2.35. The van der Waals surface area contributed by atoms with Gasteiger partial charge in [0.1, 0.15) is 5.75 Å². The van der Waals surface area contributed by atoms with E-state index in [0.717, 1.165) is 45.0 Å². The van der Waals surface area contributed by atoms with Crippen LogP contribution in [-0.2, 0) is 0 Å². The highest BCUT2D eigenvalue weighted by molar-refractivity contribution is 7.97. The van der Waals surface area contributed by atoms with Gasteiger partial charge in [-0.15, -0.1) is 0 Å². The van der Waals surface area contributed by atoms with Crippen molar-refractivity contribution in [3.63, 3.8) is 0 Å². The molecule has 25 heavy (non-hydrogen) atoms. The summed E-state index contributed by atoms with van der Waals surface area (Å²) in [6.45, 7) is 6.11. The minimum atomic E-state index is 0.472. The fraction of sp³-hybridized carbons (Fsp3) is 0.158. The summed E-state index contributed by atoms with van der Waals surface area (Å²) in [6.07, 6.45) is 3.31. The van der Waals surface area contributed by atoms with E-state index in [1.165, 1.54) is 5.56 Å². The molecule has 0 aliphatic rings. The third kappa shape index (κ3) is 3.95. The van der Waals surface area contributed by atoms with Crippen LogP contribution in [0, 0.1) is 20.8 Å². The topological polar surface area (TPSA) is 61.0 Å². The van der Waals surface area contributed by atoms with Crippen molar-refractivity contribution in [2.45, 2.75) is 25.7 Å². The number of nitrogens with two attached hydrogens (primary N) is 1. The number of rotatable bonds is 4. The van der Waals surface area contributed by atoms with Gasteiger partial charge in [-0.25, -0.2) is 4.98 Å².